The SMILES string of the molecule is CCC(C)Sc1nc(Cc2csc3ccccc23)cc(=O)[nH]1. The van der Waals surface area contributed by atoms with Gasteiger partial charge in [-0.1, -0.05) is 43.8 Å². The highest BCUT2D eigenvalue weighted by molar-refractivity contribution is 7.99. The summed E-state index contributed by atoms with van der Waals surface area (Å²) in [7, 11) is 0. The van der Waals surface area contributed by atoms with E-state index in [0.29, 0.717) is 11.7 Å². The molecule has 5 heteroatoms. The summed E-state index contributed by atoms with van der Waals surface area (Å²) in [6.45, 7) is 4.28. The first-order valence-electron chi connectivity index (χ1n) is 7.37. The van der Waals surface area contributed by atoms with Crippen molar-refractivity contribution in [3.05, 3.63) is 57.3 Å². The predicted octanol–water partition coefficient (Wildman–Crippen LogP) is 4.47. The lowest BCUT2D eigenvalue weighted by molar-refractivity contribution is 0.855. The zero-order chi connectivity index (χ0) is 15.5. The Morgan fingerprint density at radius 1 is 1.36 bits per heavy atom. The van der Waals surface area contributed by atoms with Crippen molar-refractivity contribution < 1.29 is 0 Å². The fourth-order valence-corrected chi connectivity index (χ4v) is 4.11. The molecule has 0 aliphatic heterocycles. The minimum atomic E-state index is -0.0738. The minimum Gasteiger partial charge on any atom is -0.301 e. The molecule has 0 amide bonds. The summed E-state index contributed by atoms with van der Waals surface area (Å²) >= 11 is 3.36. The third kappa shape index (κ3) is 3.42. The number of nitrogens with zero attached hydrogens (tertiary/aromatic N) is 1. The number of aromatic amines is 1. The number of thiophene rings is 1. The Balaban J connectivity index is 1.90. The molecule has 22 heavy (non-hydrogen) atoms. The summed E-state index contributed by atoms with van der Waals surface area (Å²) in [4.78, 5) is 19.3. The molecule has 0 saturated heterocycles. The second kappa shape index (κ2) is 6.67. The highest BCUT2D eigenvalue weighted by Crippen LogP contribution is 2.27. The van der Waals surface area contributed by atoms with Crippen LogP contribution in [0.1, 0.15) is 31.5 Å². The molecule has 0 saturated carbocycles. The summed E-state index contributed by atoms with van der Waals surface area (Å²) in [5.74, 6) is 0. The van der Waals surface area contributed by atoms with E-state index < -0.39 is 0 Å². The van der Waals surface area contributed by atoms with Crippen LogP contribution in [0.4, 0.5) is 0 Å². The highest BCUT2D eigenvalue weighted by Gasteiger charge is 2.09. The van der Waals surface area contributed by atoms with Gasteiger partial charge < -0.3 is 4.98 Å². The molecule has 1 aromatic carbocycles. The van der Waals surface area contributed by atoms with Crippen LogP contribution in [0.2, 0.25) is 0 Å². The van der Waals surface area contributed by atoms with Gasteiger partial charge in [0.2, 0.25) is 0 Å². The van der Waals surface area contributed by atoms with Crippen molar-refractivity contribution in [1.29, 1.82) is 0 Å². The summed E-state index contributed by atoms with van der Waals surface area (Å²) in [6.07, 6.45) is 1.75. The lowest BCUT2D eigenvalue weighted by Gasteiger charge is -2.08. The molecule has 1 atom stereocenters. The Labute approximate surface area is 137 Å². The van der Waals surface area contributed by atoms with Crippen LogP contribution in [-0.2, 0) is 6.42 Å². The van der Waals surface area contributed by atoms with Crippen LogP contribution in [0.15, 0.2) is 45.7 Å². The van der Waals surface area contributed by atoms with Gasteiger partial charge in [-0.3, -0.25) is 4.79 Å². The molecule has 0 fully saturated rings. The van der Waals surface area contributed by atoms with Gasteiger partial charge in [-0.25, -0.2) is 4.98 Å². The Bertz CT molecular complexity index is 838. The highest BCUT2D eigenvalue weighted by atomic mass is 32.2. The van der Waals surface area contributed by atoms with E-state index in [2.05, 4.69) is 47.4 Å². The first kappa shape index (κ1) is 15.3. The molecule has 3 nitrogen and oxygen atoms in total. The maximum absolute atomic E-state index is 11.9. The van der Waals surface area contributed by atoms with Crippen molar-refractivity contribution in [2.24, 2.45) is 0 Å². The van der Waals surface area contributed by atoms with Gasteiger partial charge in [-0.2, -0.15) is 0 Å². The second-order valence-corrected chi connectivity index (χ2v) is 7.65. The maximum Gasteiger partial charge on any atom is 0.251 e. The van der Waals surface area contributed by atoms with E-state index >= 15 is 0 Å². The molecular formula is C17H18N2OS2. The van der Waals surface area contributed by atoms with E-state index in [0.717, 1.165) is 17.3 Å². The van der Waals surface area contributed by atoms with Crippen LogP contribution in [0.3, 0.4) is 0 Å². The molecule has 114 valence electrons. The van der Waals surface area contributed by atoms with E-state index in [9.17, 15) is 4.79 Å². The average molecular weight is 330 g/mol. The molecule has 0 bridgehead atoms. The van der Waals surface area contributed by atoms with Crippen LogP contribution in [0.5, 0.6) is 0 Å². The maximum atomic E-state index is 11.9. The first-order chi connectivity index (χ1) is 10.7. The molecule has 0 radical (unpaired) electrons. The standard InChI is InChI=1S/C17H18N2OS2/c1-3-11(2)22-17-18-13(9-16(20)19-17)8-12-10-21-15-7-5-4-6-14(12)15/h4-7,9-11H,3,8H2,1-2H3,(H,18,19,20). The summed E-state index contributed by atoms with van der Waals surface area (Å²) in [5, 5.41) is 4.58. The van der Waals surface area contributed by atoms with Gasteiger partial charge >= 0.3 is 0 Å². The van der Waals surface area contributed by atoms with E-state index in [4.69, 9.17) is 0 Å². The number of nitrogens with one attached hydrogen (secondary N) is 1. The number of H-pyrrole nitrogens is 1. The second-order valence-electron chi connectivity index (χ2n) is 5.31. The van der Waals surface area contributed by atoms with Crippen LogP contribution in [-0.4, -0.2) is 15.2 Å². The lowest BCUT2D eigenvalue weighted by atomic mass is 10.1. The Morgan fingerprint density at radius 2 is 2.18 bits per heavy atom. The summed E-state index contributed by atoms with van der Waals surface area (Å²) in [5.41, 5.74) is 1.99. The van der Waals surface area contributed by atoms with Gasteiger partial charge in [-0.05, 0) is 28.8 Å². The van der Waals surface area contributed by atoms with Crippen LogP contribution in [0, 0.1) is 0 Å². The van der Waals surface area contributed by atoms with E-state index in [1.54, 1.807) is 29.2 Å². The van der Waals surface area contributed by atoms with Gasteiger partial charge in [0.25, 0.3) is 5.56 Å². The van der Waals surface area contributed by atoms with Crippen molar-refractivity contribution >= 4 is 33.2 Å². The van der Waals surface area contributed by atoms with Gasteiger partial charge in [0.1, 0.15) is 0 Å². The van der Waals surface area contributed by atoms with E-state index in [-0.39, 0.29) is 5.56 Å². The quantitative estimate of drug-likeness (QED) is 0.555. The van der Waals surface area contributed by atoms with Gasteiger partial charge in [0.05, 0.1) is 5.69 Å². The van der Waals surface area contributed by atoms with Crippen molar-refractivity contribution in [2.75, 3.05) is 0 Å². The largest absolute Gasteiger partial charge is 0.301 e. The first-order valence-corrected chi connectivity index (χ1v) is 9.13. The minimum absolute atomic E-state index is 0.0738. The molecular weight excluding hydrogens is 312 g/mol. The monoisotopic (exact) mass is 330 g/mol. The predicted molar refractivity (Wildman–Crippen MR) is 95.1 cm³/mol. The summed E-state index contributed by atoms with van der Waals surface area (Å²) < 4.78 is 1.27. The van der Waals surface area contributed by atoms with Crippen molar-refractivity contribution in [2.45, 2.75) is 37.1 Å². The van der Waals surface area contributed by atoms with E-state index in [1.165, 1.54) is 15.6 Å². The van der Waals surface area contributed by atoms with Gasteiger partial charge in [-0.15, -0.1) is 11.3 Å². The smallest absolute Gasteiger partial charge is 0.251 e. The lowest BCUT2D eigenvalue weighted by Crippen LogP contribution is -2.11. The number of benzene rings is 1. The van der Waals surface area contributed by atoms with Crippen molar-refractivity contribution in [1.82, 2.24) is 9.97 Å². The number of hydrogen-bond acceptors (Lipinski definition) is 4. The van der Waals surface area contributed by atoms with Crippen LogP contribution < -0.4 is 5.56 Å². The molecule has 3 aromatic rings. The van der Waals surface area contributed by atoms with E-state index in [1.807, 2.05) is 6.07 Å². The number of fused-ring (bicyclic) bond motifs is 1. The Morgan fingerprint density at radius 3 is 3.00 bits per heavy atom. The Kier molecular flexibility index (Phi) is 4.64. The van der Waals surface area contributed by atoms with Crippen LogP contribution >= 0.6 is 23.1 Å². The fraction of sp³-hybridized carbons (Fsp3) is 0.294. The van der Waals surface area contributed by atoms with Crippen molar-refractivity contribution in [3.8, 4) is 0 Å². The molecule has 0 aliphatic rings. The zero-order valence-corrected chi connectivity index (χ0v) is 14.3. The summed E-state index contributed by atoms with van der Waals surface area (Å²) in [6, 6.07) is 9.96. The third-order valence-corrected chi connectivity index (χ3v) is 5.76. The zero-order valence-electron chi connectivity index (χ0n) is 12.6. The van der Waals surface area contributed by atoms with Gasteiger partial charge in [0.15, 0.2) is 5.16 Å². The van der Waals surface area contributed by atoms with Crippen molar-refractivity contribution in [3.63, 3.8) is 0 Å². The van der Waals surface area contributed by atoms with Gasteiger partial charge in [0, 0.05) is 22.4 Å². The Hall–Kier alpha value is -1.59. The topological polar surface area (TPSA) is 45.8 Å². The molecule has 0 spiro atoms. The molecule has 0 aliphatic carbocycles. The molecule has 2 heterocycles. The molecule has 1 unspecified atom stereocenters. The number of rotatable bonds is 5. The third-order valence-electron chi connectivity index (χ3n) is 3.59. The normalized spacial score (nSPS) is 12.6. The number of hydrogen-bond donors (Lipinski definition) is 1. The van der Waals surface area contributed by atoms with Crippen LogP contribution in [0.25, 0.3) is 10.1 Å². The average Bonchev–Trinajstić information content (AvgIpc) is 2.90. The number of thioether (sulfide) groups is 1. The fourth-order valence-electron chi connectivity index (χ4n) is 2.27. The molecule has 3 rings (SSSR count). The number of aromatic nitrogens is 2. The molecule has 2 aromatic heterocycles. The molecule has 1 N–H and O–H groups in total.